The van der Waals surface area contributed by atoms with Gasteiger partial charge in [-0.1, -0.05) is 24.3 Å². The zero-order valence-electron chi connectivity index (χ0n) is 13.3. The Morgan fingerprint density at radius 1 is 1.13 bits per heavy atom. The minimum absolute atomic E-state index is 0.181. The maximum atomic E-state index is 12.0. The average molecular weight is 310 g/mol. The van der Waals surface area contributed by atoms with Crippen molar-refractivity contribution in [2.24, 2.45) is 0 Å². The molecule has 2 N–H and O–H groups in total. The van der Waals surface area contributed by atoms with Gasteiger partial charge in [-0.05, 0) is 43.5 Å². The van der Waals surface area contributed by atoms with Gasteiger partial charge in [0.15, 0.2) is 0 Å². The van der Waals surface area contributed by atoms with Gasteiger partial charge in [-0.25, -0.2) is 9.78 Å². The highest BCUT2D eigenvalue weighted by Gasteiger charge is 2.20. The molecular weight excluding hydrogens is 288 g/mol. The summed E-state index contributed by atoms with van der Waals surface area (Å²) >= 11 is 0. The van der Waals surface area contributed by atoms with Gasteiger partial charge in [-0.15, -0.1) is 0 Å². The Morgan fingerprint density at radius 2 is 1.87 bits per heavy atom. The molecule has 0 bridgehead atoms. The Hall–Kier alpha value is -2.56. The van der Waals surface area contributed by atoms with Gasteiger partial charge in [-0.2, -0.15) is 0 Å². The van der Waals surface area contributed by atoms with Crippen LogP contribution in [0.4, 0.5) is 16.3 Å². The van der Waals surface area contributed by atoms with Gasteiger partial charge in [0.05, 0.1) is 0 Å². The van der Waals surface area contributed by atoms with Crippen molar-refractivity contribution in [3.05, 3.63) is 54.2 Å². The number of nitrogens with zero attached hydrogens (tertiary/aromatic N) is 2. The van der Waals surface area contributed by atoms with Gasteiger partial charge < -0.3 is 10.2 Å². The summed E-state index contributed by atoms with van der Waals surface area (Å²) < 4.78 is 0. The Labute approximate surface area is 136 Å². The van der Waals surface area contributed by atoms with E-state index >= 15 is 0 Å². The van der Waals surface area contributed by atoms with Crippen LogP contribution < -0.4 is 15.5 Å². The molecule has 1 aliphatic rings. The molecule has 5 nitrogen and oxygen atoms in total. The molecule has 0 atom stereocenters. The normalized spacial score (nSPS) is 15.3. The van der Waals surface area contributed by atoms with Crippen LogP contribution >= 0.6 is 0 Å². The van der Waals surface area contributed by atoms with Crippen molar-refractivity contribution in [3.63, 3.8) is 0 Å². The Kier molecular flexibility index (Phi) is 4.76. The largest absolute Gasteiger partial charge is 0.371 e. The van der Waals surface area contributed by atoms with Crippen LogP contribution in [0.5, 0.6) is 0 Å². The number of piperidine rings is 1. The highest BCUT2D eigenvalue weighted by atomic mass is 16.2. The number of rotatable bonds is 3. The topological polar surface area (TPSA) is 57.3 Å². The molecular formula is C18H22N4O. The van der Waals surface area contributed by atoms with Crippen LogP contribution in [0.25, 0.3) is 0 Å². The van der Waals surface area contributed by atoms with E-state index in [1.165, 1.54) is 5.69 Å². The summed E-state index contributed by atoms with van der Waals surface area (Å²) in [4.78, 5) is 18.6. The molecule has 1 aliphatic heterocycles. The SMILES string of the molecule is Cc1ccc(NC(=O)NC2CCN(c3ccccc3)CC2)nc1. The minimum Gasteiger partial charge on any atom is -0.371 e. The lowest BCUT2D eigenvalue weighted by Crippen LogP contribution is -2.46. The summed E-state index contributed by atoms with van der Waals surface area (Å²) in [6.45, 7) is 3.88. The van der Waals surface area contributed by atoms with Crippen molar-refractivity contribution in [3.8, 4) is 0 Å². The van der Waals surface area contributed by atoms with E-state index in [2.05, 4.69) is 44.8 Å². The van der Waals surface area contributed by atoms with Gasteiger partial charge in [0.25, 0.3) is 0 Å². The minimum atomic E-state index is -0.181. The van der Waals surface area contributed by atoms with Crippen LogP contribution in [0.15, 0.2) is 48.7 Å². The van der Waals surface area contributed by atoms with Crippen LogP contribution in [0.3, 0.4) is 0 Å². The van der Waals surface area contributed by atoms with Crippen molar-refractivity contribution >= 4 is 17.5 Å². The zero-order valence-corrected chi connectivity index (χ0v) is 13.3. The monoisotopic (exact) mass is 310 g/mol. The standard InChI is InChI=1S/C18H22N4O/c1-14-7-8-17(19-13-14)21-18(23)20-15-9-11-22(12-10-15)16-5-3-2-4-6-16/h2-8,13,15H,9-12H2,1H3,(H2,19,20,21,23). The molecule has 1 aromatic carbocycles. The van der Waals surface area contributed by atoms with Crippen molar-refractivity contribution in [2.75, 3.05) is 23.3 Å². The summed E-state index contributed by atoms with van der Waals surface area (Å²) in [5.74, 6) is 0.579. The number of anilines is 2. The van der Waals surface area contributed by atoms with E-state index in [4.69, 9.17) is 0 Å². The summed E-state index contributed by atoms with van der Waals surface area (Å²) in [5, 5.41) is 5.82. The molecule has 1 aromatic heterocycles. The first-order valence-corrected chi connectivity index (χ1v) is 8.01. The van der Waals surface area contributed by atoms with Gasteiger partial charge in [0.1, 0.15) is 5.82 Å². The van der Waals surface area contributed by atoms with Crippen LogP contribution in [0.2, 0.25) is 0 Å². The van der Waals surface area contributed by atoms with E-state index < -0.39 is 0 Å². The molecule has 1 saturated heterocycles. The molecule has 0 aliphatic carbocycles. The van der Waals surface area contributed by atoms with Crippen LogP contribution in [0.1, 0.15) is 18.4 Å². The van der Waals surface area contributed by atoms with Crippen LogP contribution in [0, 0.1) is 6.92 Å². The third-order valence-electron chi connectivity index (χ3n) is 4.10. The molecule has 0 radical (unpaired) electrons. The second-order valence-corrected chi connectivity index (χ2v) is 5.92. The van der Waals surface area contributed by atoms with Gasteiger partial charge in [0.2, 0.25) is 0 Å². The number of benzene rings is 1. The number of hydrogen-bond acceptors (Lipinski definition) is 3. The number of carbonyl (C=O) groups excluding carboxylic acids is 1. The number of carbonyl (C=O) groups is 1. The number of amides is 2. The average Bonchev–Trinajstić information content (AvgIpc) is 2.58. The lowest BCUT2D eigenvalue weighted by Gasteiger charge is -2.33. The number of aryl methyl sites for hydroxylation is 1. The molecule has 23 heavy (non-hydrogen) atoms. The molecule has 0 saturated carbocycles. The third-order valence-corrected chi connectivity index (χ3v) is 4.10. The van der Waals surface area contributed by atoms with Gasteiger partial charge >= 0.3 is 6.03 Å². The molecule has 1 fully saturated rings. The lowest BCUT2D eigenvalue weighted by atomic mass is 10.0. The molecule has 2 heterocycles. The predicted molar refractivity (Wildman–Crippen MR) is 92.8 cm³/mol. The highest BCUT2D eigenvalue weighted by molar-refractivity contribution is 5.88. The van der Waals surface area contributed by atoms with E-state index in [-0.39, 0.29) is 12.1 Å². The van der Waals surface area contributed by atoms with Gasteiger partial charge in [0, 0.05) is 31.0 Å². The van der Waals surface area contributed by atoms with E-state index in [0.717, 1.165) is 31.5 Å². The maximum absolute atomic E-state index is 12.0. The number of hydrogen-bond donors (Lipinski definition) is 2. The fourth-order valence-electron chi connectivity index (χ4n) is 2.80. The lowest BCUT2D eigenvalue weighted by molar-refractivity contribution is 0.246. The van der Waals surface area contributed by atoms with Crippen molar-refractivity contribution < 1.29 is 4.79 Å². The van der Waals surface area contributed by atoms with Crippen molar-refractivity contribution in [2.45, 2.75) is 25.8 Å². The molecule has 120 valence electrons. The number of urea groups is 1. The van der Waals surface area contributed by atoms with E-state index in [0.29, 0.717) is 5.82 Å². The Morgan fingerprint density at radius 3 is 2.52 bits per heavy atom. The summed E-state index contributed by atoms with van der Waals surface area (Å²) in [6.07, 6.45) is 3.64. The van der Waals surface area contributed by atoms with Crippen LogP contribution in [-0.4, -0.2) is 30.1 Å². The second kappa shape index (κ2) is 7.13. The smallest absolute Gasteiger partial charge is 0.320 e. The number of nitrogens with one attached hydrogen (secondary N) is 2. The predicted octanol–water partition coefficient (Wildman–Crippen LogP) is 3.18. The quantitative estimate of drug-likeness (QED) is 0.915. The first kappa shape index (κ1) is 15.3. The van der Waals surface area contributed by atoms with Crippen molar-refractivity contribution in [1.82, 2.24) is 10.3 Å². The first-order valence-electron chi connectivity index (χ1n) is 8.01. The van der Waals surface area contributed by atoms with Gasteiger partial charge in [-0.3, -0.25) is 5.32 Å². The van der Waals surface area contributed by atoms with E-state index in [9.17, 15) is 4.79 Å². The van der Waals surface area contributed by atoms with E-state index in [1.807, 2.05) is 25.1 Å². The fourth-order valence-corrected chi connectivity index (χ4v) is 2.80. The zero-order chi connectivity index (χ0) is 16.1. The first-order chi connectivity index (χ1) is 11.2. The summed E-state index contributed by atoms with van der Waals surface area (Å²) in [5.41, 5.74) is 2.32. The van der Waals surface area contributed by atoms with E-state index in [1.54, 1.807) is 6.20 Å². The number of para-hydroxylation sites is 1. The number of pyridine rings is 1. The molecule has 5 heteroatoms. The second-order valence-electron chi connectivity index (χ2n) is 5.92. The maximum Gasteiger partial charge on any atom is 0.320 e. The Balaban J connectivity index is 1.47. The fraction of sp³-hybridized carbons (Fsp3) is 0.333. The Bertz CT molecular complexity index is 634. The van der Waals surface area contributed by atoms with Crippen LogP contribution in [-0.2, 0) is 0 Å². The molecule has 0 spiro atoms. The molecule has 2 aromatic rings. The molecule has 3 rings (SSSR count). The highest BCUT2D eigenvalue weighted by Crippen LogP contribution is 2.19. The molecule has 0 unspecified atom stereocenters. The molecule has 2 amide bonds. The summed E-state index contributed by atoms with van der Waals surface area (Å²) in [6, 6.07) is 14.2. The summed E-state index contributed by atoms with van der Waals surface area (Å²) in [7, 11) is 0. The number of aromatic nitrogens is 1. The third kappa shape index (κ3) is 4.22. The van der Waals surface area contributed by atoms with Crippen molar-refractivity contribution in [1.29, 1.82) is 0 Å².